The summed E-state index contributed by atoms with van der Waals surface area (Å²) in [6.45, 7) is 5.09. The van der Waals surface area contributed by atoms with E-state index in [1.54, 1.807) is 0 Å². The molecule has 11 aromatic carbocycles. The number of nitrogens with zero attached hydrogens (tertiary/aromatic N) is 1. The summed E-state index contributed by atoms with van der Waals surface area (Å²) >= 11 is 0. The van der Waals surface area contributed by atoms with E-state index in [0.29, 0.717) is 0 Å². The summed E-state index contributed by atoms with van der Waals surface area (Å²) in [6, 6.07) is 75.7. The highest BCUT2D eigenvalue weighted by atomic mass is 15.3. The zero-order chi connectivity index (χ0) is 41.9. The van der Waals surface area contributed by atoms with E-state index in [9.17, 15) is 0 Å². The van der Waals surface area contributed by atoms with Crippen LogP contribution in [0.2, 0.25) is 0 Å². The minimum absolute atomic E-state index is 0.00657. The van der Waals surface area contributed by atoms with Crippen LogP contribution in [0.3, 0.4) is 0 Å². The van der Waals surface area contributed by atoms with Gasteiger partial charge >= 0.3 is 0 Å². The van der Waals surface area contributed by atoms with Crippen LogP contribution in [0.15, 0.2) is 200 Å². The molecule has 11 aromatic rings. The van der Waals surface area contributed by atoms with E-state index in [-0.39, 0.29) is 11.0 Å². The summed E-state index contributed by atoms with van der Waals surface area (Å²) in [5, 5.41) is 12.9. The second kappa shape index (κ2) is 13.6. The molecule has 1 heteroatoms. The maximum atomic E-state index is 2.69. The average molecular weight is 806 g/mol. The van der Waals surface area contributed by atoms with Crippen LogP contribution in [-0.4, -0.2) is 5.54 Å². The molecule has 1 nitrogen and oxygen atoms in total. The van der Waals surface area contributed by atoms with Gasteiger partial charge < -0.3 is 4.90 Å². The van der Waals surface area contributed by atoms with E-state index in [2.05, 4.69) is 219 Å². The van der Waals surface area contributed by atoms with E-state index in [1.807, 2.05) is 0 Å². The van der Waals surface area contributed by atoms with Gasteiger partial charge in [-0.05, 0) is 160 Å². The van der Waals surface area contributed by atoms with E-state index < -0.39 is 0 Å². The third-order valence-electron chi connectivity index (χ3n) is 15.6. The van der Waals surface area contributed by atoms with Crippen molar-refractivity contribution in [3.63, 3.8) is 0 Å². The lowest BCUT2D eigenvalue weighted by Gasteiger charge is -2.50. The number of anilines is 2. The average Bonchev–Trinajstić information content (AvgIpc) is 3.55. The van der Waals surface area contributed by atoms with Gasteiger partial charge in [0.2, 0.25) is 0 Å². The summed E-state index contributed by atoms with van der Waals surface area (Å²) in [7, 11) is 0. The monoisotopic (exact) mass is 805 g/mol. The molecule has 0 aromatic heterocycles. The van der Waals surface area contributed by atoms with Gasteiger partial charge in [0.15, 0.2) is 0 Å². The molecule has 2 atom stereocenters. The van der Waals surface area contributed by atoms with Gasteiger partial charge in [-0.15, -0.1) is 0 Å². The smallest absolute Gasteiger partial charge is 0.0517 e. The first-order valence-electron chi connectivity index (χ1n) is 22.8. The molecule has 300 valence electrons. The number of hydrogen-bond acceptors (Lipinski definition) is 1. The number of benzene rings is 11. The molecule has 1 saturated carbocycles. The molecular weight excluding hydrogens is 759 g/mol. The van der Waals surface area contributed by atoms with Gasteiger partial charge in [0, 0.05) is 16.8 Å². The third-order valence-corrected chi connectivity index (χ3v) is 15.6. The highest BCUT2D eigenvalue weighted by molar-refractivity contribution is 6.32. The van der Waals surface area contributed by atoms with Crippen LogP contribution in [0.1, 0.15) is 45.1 Å². The highest BCUT2D eigenvalue weighted by Crippen LogP contribution is 2.61. The maximum absolute atomic E-state index is 2.69. The number of para-hydroxylation sites is 1. The Morgan fingerprint density at radius 3 is 1.46 bits per heavy atom. The lowest BCUT2D eigenvalue weighted by Crippen LogP contribution is -2.54. The van der Waals surface area contributed by atoms with E-state index in [0.717, 1.165) is 0 Å². The number of rotatable bonds is 5. The quantitative estimate of drug-likeness (QED) is 0.157. The Labute approximate surface area is 369 Å². The molecule has 2 unspecified atom stereocenters. The van der Waals surface area contributed by atoms with E-state index in [1.165, 1.54) is 141 Å². The Morgan fingerprint density at radius 2 is 0.857 bits per heavy atom. The van der Waals surface area contributed by atoms with Gasteiger partial charge in [-0.3, -0.25) is 0 Å². The molecule has 0 saturated heterocycles. The molecule has 1 aliphatic carbocycles. The summed E-state index contributed by atoms with van der Waals surface area (Å²) in [5.41, 5.74) is 14.3. The SMILES string of the molecule is CC12CCCCC1(C)N(c1ccccc1)c1ccc(-c3cc(-c4cccc5ccccc45)c4ccc5c(-c6ccccc6)cc(-c6cccc7ccccc67)c6ccc3c4c56)cc12. The van der Waals surface area contributed by atoms with Crippen molar-refractivity contribution in [2.24, 2.45) is 0 Å². The van der Waals surface area contributed by atoms with Crippen LogP contribution in [-0.2, 0) is 5.41 Å². The summed E-state index contributed by atoms with van der Waals surface area (Å²) in [6.07, 6.45) is 4.87. The van der Waals surface area contributed by atoms with Crippen LogP contribution in [0.4, 0.5) is 11.4 Å². The van der Waals surface area contributed by atoms with Crippen molar-refractivity contribution >= 4 is 65.2 Å². The summed E-state index contributed by atoms with van der Waals surface area (Å²) in [5.74, 6) is 0. The fourth-order valence-electron chi connectivity index (χ4n) is 12.3. The Balaban J connectivity index is 1.16. The predicted molar refractivity (Wildman–Crippen MR) is 270 cm³/mol. The molecule has 0 amide bonds. The molecule has 1 aliphatic heterocycles. The minimum Gasteiger partial charge on any atom is -0.334 e. The zero-order valence-corrected chi connectivity index (χ0v) is 35.8. The van der Waals surface area contributed by atoms with Crippen LogP contribution in [0, 0.1) is 0 Å². The van der Waals surface area contributed by atoms with Gasteiger partial charge in [-0.1, -0.05) is 184 Å². The van der Waals surface area contributed by atoms with Crippen LogP contribution >= 0.6 is 0 Å². The minimum atomic E-state index is -0.0177. The van der Waals surface area contributed by atoms with Gasteiger partial charge in [0.1, 0.15) is 0 Å². The van der Waals surface area contributed by atoms with Crippen molar-refractivity contribution in [3.8, 4) is 44.5 Å². The highest BCUT2D eigenvalue weighted by Gasteiger charge is 2.57. The van der Waals surface area contributed by atoms with E-state index >= 15 is 0 Å². The fraction of sp³-hybridized carbons (Fsp3) is 0.129. The fourth-order valence-corrected chi connectivity index (χ4v) is 12.3. The number of fused-ring (bicyclic) bond motifs is 5. The van der Waals surface area contributed by atoms with E-state index in [4.69, 9.17) is 0 Å². The third kappa shape index (κ3) is 5.17. The normalized spacial score (nSPS) is 18.5. The molecule has 0 N–H and O–H groups in total. The van der Waals surface area contributed by atoms with Gasteiger partial charge in [-0.2, -0.15) is 0 Å². The van der Waals surface area contributed by atoms with Gasteiger partial charge in [0.25, 0.3) is 0 Å². The van der Waals surface area contributed by atoms with Gasteiger partial charge in [0.05, 0.1) is 5.54 Å². The molecule has 0 radical (unpaired) electrons. The lowest BCUT2D eigenvalue weighted by molar-refractivity contribution is 0.195. The topological polar surface area (TPSA) is 3.24 Å². The molecule has 63 heavy (non-hydrogen) atoms. The zero-order valence-electron chi connectivity index (χ0n) is 35.8. The van der Waals surface area contributed by atoms with Crippen LogP contribution < -0.4 is 4.90 Å². The molecular formula is C62H47N. The molecule has 13 rings (SSSR count). The summed E-state index contributed by atoms with van der Waals surface area (Å²) < 4.78 is 0. The Morgan fingerprint density at radius 1 is 0.365 bits per heavy atom. The second-order valence-corrected chi connectivity index (χ2v) is 18.7. The summed E-state index contributed by atoms with van der Waals surface area (Å²) in [4.78, 5) is 2.69. The van der Waals surface area contributed by atoms with Crippen molar-refractivity contribution in [2.75, 3.05) is 4.90 Å². The molecule has 1 fully saturated rings. The lowest BCUT2D eigenvalue weighted by atomic mass is 9.61. The van der Waals surface area contributed by atoms with Crippen molar-refractivity contribution in [1.29, 1.82) is 0 Å². The molecule has 0 bridgehead atoms. The van der Waals surface area contributed by atoms with Crippen molar-refractivity contribution in [1.82, 2.24) is 0 Å². The van der Waals surface area contributed by atoms with Crippen molar-refractivity contribution < 1.29 is 0 Å². The second-order valence-electron chi connectivity index (χ2n) is 18.7. The van der Waals surface area contributed by atoms with Crippen molar-refractivity contribution in [2.45, 2.75) is 50.5 Å². The van der Waals surface area contributed by atoms with Crippen molar-refractivity contribution in [3.05, 3.63) is 206 Å². The van der Waals surface area contributed by atoms with Gasteiger partial charge in [-0.25, -0.2) is 0 Å². The maximum Gasteiger partial charge on any atom is 0.0517 e. The Bertz CT molecular complexity index is 3590. The molecule has 0 spiro atoms. The Kier molecular flexibility index (Phi) is 7.89. The predicted octanol–water partition coefficient (Wildman–Crippen LogP) is 17.3. The largest absolute Gasteiger partial charge is 0.334 e. The Hall–Kier alpha value is -7.22. The molecule has 1 heterocycles. The number of hydrogen-bond donors (Lipinski definition) is 0. The first-order valence-corrected chi connectivity index (χ1v) is 22.8. The molecule has 2 aliphatic rings. The standard InChI is InChI=1S/C62H47N/c1-61-35-13-14-36-62(61,2)63(44-23-7-4-8-24-44)58-34-29-43(37-57(58)61)54-39-56(48-28-16-22-41-20-10-12-26-46(41)48)52-32-30-49-53(42-17-5-3-6-18-42)38-55(51-33-31-50(54)60(52)59(49)51)47-27-15-21-40-19-9-11-25-45(40)47/h3-12,15-34,37-39H,13-14,35-36H2,1-2H3. The van der Waals surface area contributed by atoms with Crippen LogP contribution in [0.25, 0.3) is 98.4 Å². The first kappa shape index (κ1) is 36.4. The first-order chi connectivity index (χ1) is 31.0. The van der Waals surface area contributed by atoms with Crippen LogP contribution in [0.5, 0.6) is 0 Å².